The first-order valence-electron chi connectivity index (χ1n) is 5.58. The van der Waals surface area contributed by atoms with Crippen molar-refractivity contribution in [3.05, 3.63) is 0 Å². The van der Waals surface area contributed by atoms with Crippen molar-refractivity contribution in [2.45, 2.75) is 38.6 Å². The normalized spacial score (nSPS) is 12.5. The number of amides is 1. The van der Waals surface area contributed by atoms with Gasteiger partial charge >= 0.3 is 0 Å². The predicted molar refractivity (Wildman–Crippen MR) is 61.6 cm³/mol. The maximum absolute atomic E-state index is 11.7. The van der Waals surface area contributed by atoms with Gasteiger partial charge in [-0.05, 0) is 26.3 Å². The van der Waals surface area contributed by atoms with Crippen molar-refractivity contribution in [3.63, 3.8) is 0 Å². The van der Waals surface area contributed by atoms with E-state index in [9.17, 15) is 4.79 Å². The van der Waals surface area contributed by atoms with Crippen molar-refractivity contribution in [3.8, 4) is 0 Å². The van der Waals surface area contributed by atoms with E-state index in [-0.39, 0.29) is 11.9 Å². The van der Waals surface area contributed by atoms with Gasteiger partial charge in [-0.25, -0.2) is 0 Å². The van der Waals surface area contributed by atoms with Crippen LogP contribution in [-0.4, -0.2) is 44.2 Å². The zero-order valence-corrected chi connectivity index (χ0v) is 10.2. The number of carbonyl (C=O) groups excluding carboxylic acids is 1. The number of ether oxygens (including phenoxy) is 1. The van der Waals surface area contributed by atoms with Crippen LogP contribution >= 0.6 is 0 Å². The lowest BCUT2D eigenvalue weighted by atomic mass is 10.1. The van der Waals surface area contributed by atoms with Gasteiger partial charge in [-0.1, -0.05) is 6.42 Å². The Hall–Kier alpha value is -0.610. The highest BCUT2D eigenvalue weighted by molar-refractivity contribution is 5.76. The van der Waals surface area contributed by atoms with E-state index >= 15 is 0 Å². The predicted octanol–water partition coefficient (Wildman–Crippen LogP) is 0.999. The van der Waals surface area contributed by atoms with Crippen LogP contribution in [0.2, 0.25) is 0 Å². The topological polar surface area (TPSA) is 55.6 Å². The minimum Gasteiger partial charge on any atom is -0.383 e. The zero-order chi connectivity index (χ0) is 11.7. The van der Waals surface area contributed by atoms with Gasteiger partial charge in [0.05, 0.1) is 12.6 Å². The molecule has 4 nitrogen and oxygen atoms in total. The highest BCUT2D eigenvalue weighted by Crippen LogP contribution is 2.04. The van der Waals surface area contributed by atoms with Gasteiger partial charge in [0.2, 0.25) is 5.91 Å². The number of unbranched alkanes of at least 4 members (excludes halogenated alkanes) is 2. The lowest BCUT2D eigenvalue weighted by molar-refractivity contribution is -0.132. The minimum atomic E-state index is 0.150. The van der Waals surface area contributed by atoms with Crippen molar-refractivity contribution in [1.29, 1.82) is 0 Å². The molecule has 1 atom stereocenters. The van der Waals surface area contributed by atoms with Gasteiger partial charge in [0.1, 0.15) is 0 Å². The van der Waals surface area contributed by atoms with E-state index in [0.29, 0.717) is 19.6 Å². The lowest BCUT2D eigenvalue weighted by Gasteiger charge is -2.24. The number of carbonyl (C=O) groups is 1. The second-order valence-electron chi connectivity index (χ2n) is 3.91. The summed E-state index contributed by atoms with van der Waals surface area (Å²) >= 11 is 0. The third-order valence-corrected chi connectivity index (χ3v) is 2.56. The summed E-state index contributed by atoms with van der Waals surface area (Å²) in [5, 5.41) is 0. The van der Waals surface area contributed by atoms with Crippen molar-refractivity contribution in [1.82, 2.24) is 4.90 Å². The van der Waals surface area contributed by atoms with E-state index < -0.39 is 0 Å². The maximum atomic E-state index is 11.7. The summed E-state index contributed by atoms with van der Waals surface area (Å²) in [6.45, 7) is 3.29. The lowest BCUT2D eigenvalue weighted by Crippen LogP contribution is -2.37. The summed E-state index contributed by atoms with van der Waals surface area (Å²) in [4.78, 5) is 13.4. The molecule has 1 unspecified atom stereocenters. The number of hydrogen-bond acceptors (Lipinski definition) is 3. The molecule has 0 rings (SSSR count). The van der Waals surface area contributed by atoms with Crippen molar-refractivity contribution >= 4 is 5.91 Å². The van der Waals surface area contributed by atoms with Crippen LogP contribution in [0.5, 0.6) is 0 Å². The van der Waals surface area contributed by atoms with E-state index in [1.54, 1.807) is 12.0 Å². The Morgan fingerprint density at radius 3 is 2.60 bits per heavy atom. The van der Waals surface area contributed by atoms with Crippen LogP contribution in [0.3, 0.4) is 0 Å². The second kappa shape index (κ2) is 8.68. The molecule has 0 fully saturated rings. The number of methoxy groups -OCH3 is 1. The first-order chi connectivity index (χ1) is 7.13. The zero-order valence-electron chi connectivity index (χ0n) is 10.2. The fourth-order valence-electron chi connectivity index (χ4n) is 1.37. The average molecular weight is 216 g/mol. The molecule has 0 aliphatic rings. The number of rotatable bonds is 8. The third-order valence-electron chi connectivity index (χ3n) is 2.56. The summed E-state index contributed by atoms with van der Waals surface area (Å²) in [6.07, 6.45) is 3.59. The number of likely N-dealkylation sites (N-methyl/N-ethyl adjacent to an activating group) is 1. The van der Waals surface area contributed by atoms with E-state index in [2.05, 4.69) is 0 Å². The van der Waals surface area contributed by atoms with Crippen LogP contribution < -0.4 is 5.73 Å². The van der Waals surface area contributed by atoms with Crippen LogP contribution in [0.1, 0.15) is 32.6 Å². The molecule has 4 heteroatoms. The average Bonchev–Trinajstić information content (AvgIpc) is 2.23. The standard InChI is InChI=1S/C11H24N2O2/c1-10(9-15-3)13(2)11(14)7-5-4-6-8-12/h10H,4-9,12H2,1-3H3. The molecule has 0 saturated heterocycles. The molecular formula is C11H24N2O2. The smallest absolute Gasteiger partial charge is 0.222 e. The summed E-state index contributed by atoms with van der Waals surface area (Å²) in [7, 11) is 3.48. The molecule has 0 aliphatic heterocycles. The Morgan fingerprint density at radius 1 is 1.40 bits per heavy atom. The Balaban J connectivity index is 3.68. The highest BCUT2D eigenvalue weighted by Gasteiger charge is 2.14. The molecule has 0 spiro atoms. The van der Waals surface area contributed by atoms with Gasteiger partial charge in [-0.2, -0.15) is 0 Å². The molecule has 0 aromatic carbocycles. The molecule has 0 heterocycles. The molecule has 0 radical (unpaired) electrons. The Morgan fingerprint density at radius 2 is 2.07 bits per heavy atom. The quantitative estimate of drug-likeness (QED) is 0.616. The van der Waals surface area contributed by atoms with Gasteiger partial charge < -0.3 is 15.4 Å². The van der Waals surface area contributed by atoms with E-state index in [4.69, 9.17) is 10.5 Å². The van der Waals surface area contributed by atoms with Crippen molar-refractivity contribution in [2.75, 3.05) is 27.3 Å². The van der Waals surface area contributed by atoms with Crippen molar-refractivity contribution in [2.24, 2.45) is 5.73 Å². The molecule has 1 amide bonds. The van der Waals surface area contributed by atoms with E-state index in [0.717, 1.165) is 19.3 Å². The second-order valence-corrected chi connectivity index (χ2v) is 3.91. The van der Waals surface area contributed by atoms with Crippen LogP contribution in [0.25, 0.3) is 0 Å². The van der Waals surface area contributed by atoms with Gasteiger partial charge in [0, 0.05) is 20.6 Å². The molecule has 90 valence electrons. The van der Waals surface area contributed by atoms with E-state index in [1.807, 2.05) is 14.0 Å². The SMILES string of the molecule is COCC(C)N(C)C(=O)CCCCCN. The molecule has 15 heavy (non-hydrogen) atoms. The Bertz CT molecular complexity index is 174. The molecule has 2 N–H and O–H groups in total. The van der Waals surface area contributed by atoms with Crippen molar-refractivity contribution < 1.29 is 9.53 Å². The first kappa shape index (κ1) is 14.4. The van der Waals surface area contributed by atoms with Crippen LogP contribution in [0.4, 0.5) is 0 Å². The van der Waals surface area contributed by atoms with Gasteiger partial charge in [0.25, 0.3) is 0 Å². The fraction of sp³-hybridized carbons (Fsp3) is 0.909. The van der Waals surface area contributed by atoms with Crippen LogP contribution in [-0.2, 0) is 9.53 Å². The van der Waals surface area contributed by atoms with Gasteiger partial charge in [-0.3, -0.25) is 4.79 Å². The molecule has 0 aliphatic carbocycles. The highest BCUT2D eigenvalue weighted by atomic mass is 16.5. The monoisotopic (exact) mass is 216 g/mol. The fourth-order valence-corrected chi connectivity index (χ4v) is 1.37. The third kappa shape index (κ3) is 6.47. The maximum Gasteiger partial charge on any atom is 0.222 e. The summed E-state index contributed by atoms with van der Waals surface area (Å²) in [5.74, 6) is 0.191. The summed E-state index contributed by atoms with van der Waals surface area (Å²) in [5.41, 5.74) is 5.38. The molecule has 0 saturated carbocycles. The van der Waals surface area contributed by atoms with Gasteiger partial charge in [-0.15, -0.1) is 0 Å². The number of nitrogens with two attached hydrogens (primary N) is 1. The summed E-state index contributed by atoms with van der Waals surface area (Å²) < 4.78 is 5.01. The Labute approximate surface area is 92.8 Å². The molecular weight excluding hydrogens is 192 g/mol. The Kier molecular flexibility index (Phi) is 8.33. The van der Waals surface area contributed by atoms with E-state index in [1.165, 1.54) is 0 Å². The first-order valence-corrected chi connectivity index (χ1v) is 5.58. The largest absolute Gasteiger partial charge is 0.383 e. The number of hydrogen-bond donors (Lipinski definition) is 1. The van der Waals surface area contributed by atoms with Gasteiger partial charge in [0.15, 0.2) is 0 Å². The van der Waals surface area contributed by atoms with Crippen LogP contribution in [0, 0.1) is 0 Å². The van der Waals surface area contributed by atoms with Crippen LogP contribution in [0.15, 0.2) is 0 Å². The molecule has 0 aromatic heterocycles. The number of nitrogens with zero attached hydrogens (tertiary/aromatic N) is 1. The summed E-state index contributed by atoms with van der Waals surface area (Å²) in [6, 6.07) is 0.150. The molecule has 0 aromatic rings. The molecule has 0 bridgehead atoms. The minimum absolute atomic E-state index is 0.150.